The number of ether oxygens (including phenoxy) is 1. The highest BCUT2D eigenvalue weighted by Crippen LogP contribution is 2.16. The largest absolute Gasteiger partial charge is 0.481 e. The summed E-state index contributed by atoms with van der Waals surface area (Å²) in [5.41, 5.74) is 4.40. The molecule has 0 spiro atoms. The van der Waals surface area contributed by atoms with E-state index in [1.807, 2.05) is 30.3 Å². The Bertz CT molecular complexity index is 392. The van der Waals surface area contributed by atoms with Crippen molar-refractivity contribution in [3.8, 4) is 11.5 Å². The number of hydrogen-bond donors (Lipinski definition) is 0. The molecule has 0 bridgehead atoms. The molecule has 0 aliphatic rings. The lowest BCUT2D eigenvalue weighted by Gasteiger charge is -2.12. The van der Waals surface area contributed by atoms with E-state index in [-0.39, 0.29) is 6.10 Å². The highest BCUT2D eigenvalue weighted by molar-refractivity contribution is 6.83. The Morgan fingerprint density at radius 1 is 1.25 bits per heavy atom. The van der Waals surface area contributed by atoms with Gasteiger partial charge in [-0.25, -0.2) is 0 Å². The number of hydrogen-bond acceptors (Lipinski definition) is 1. The second kappa shape index (κ2) is 5.57. The van der Waals surface area contributed by atoms with E-state index < -0.39 is 8.07 Å². The zero-order valence-electron chi connectivity index (χ0n) is 10.2. The van der Waals surface area contributed by atoms with E-state index in [0.717, 1.165) is 5.56 Å². The van der Waals surface area contributed by atoms with Crippen LogP contribution in [0.4, 0.5) is 0 Å². The molecule has 0 saturated heterocycles. The average Bonchev–Trinajstić information content (AvgIpc) is 2.24. The Morgan fingerprint density at radius 2 is 1.88 bits per heavy atom. The predicted molar refractivity (Wildman–Crippen MR) is 71.6 cm³/mol. The van der Waals surface area contributed by atoms with Gasteiger partial charge in [-0.2, -0.15) is 0 Å². The summed E-state index contributed by atoms with van der Waals surface area (Å²) < 4.78 is 5.44. The number of rotatable bonds is 3. The molecule has 2 heteroatoms. The lowest BCUT2D eigenvalue weighted by molar-refractivity contribution is 0.199. The van der Waals surface area contributed by atoms with E-state index in [9.17, 15) is 0 Å². The van der Waals surface area contributed by atoms with Gasteiger partial charge in [-0.3, -0.25) is 0 Å². The van der Waals surface area contributed by atoms with Crippen LogP contribution in [-0.2, 0) is 4.74 Å². The fourth-order valence-electron chi connectivity index (χ4n) is 1.20. The Balaban J connectivity index is 2.91. The van der Waals surface area contributed by atoms with Gasteiger partial charge < -0.3 is 4.74 Å². The van der Waals surface area contributed by atoms with E-state index in [4.69, 9.17) is 4.74 Å². The Hall–Kier alpha value is -1.46. The maximum Gasteiger partial charge on any atom is 0.182 e. The third-order valence-corrected chi connectivity index (χ3v) is 2.81. The Labute approximate surface area is 99.2 Å². The molecule has 16 heavy (non-hydrogen) atoms. The summed E-state index contributed by atoms with van der Waals surface area (Å²) in [4.78, 5) is 0. The molecule has 1 aromatic rings. The van der Waals surface area contributed by atoms with Crippen molar-refractivity contribution in [3.05, 3.63) is 48.7 Å². The number of benzene rings is 1. The second-order valence-corrected chi connectivity index (χ2v) is 9.36. The fraction of sp³-hybridized carbons (Fsp3) is 0.286. The molecule has 0 saturated carbocycles. The van der Waals surface area contributed by atoms with Crippen LogP contribution in [-0.4, -0.2) is 8.07 Å². The zero-order chi connectivity index (χ0) is 12.0. The van der Waals surface area contributed by atoms with Gasteiger partial charge in [-0.1, -0.05) is 62.5 Å². The molecule has 0 aliphatic heterocycles. The lowest BCUT2D eigenvalue weighted by Crippen LogP contribution is -2.17. The molecule has 1 rings (SSSR count). The van der Waals surface area contributed by atoms with Gasteiger partial charge in [0, 0.05) is 5.56 Å². The van der Waals surface area contributed by atoms with Crippen molar-refractivity contribution in [2.75, 3.05) is 0 Å². The van der Waals surface area contributed by atoms with Crippen molar-refractivity contribution in [2.45, 2.75) is 25.7 Å². The molecule has 0 fully saturated rings. The van der Waals surface area contributed by atoms with Gasteiger partial charge in [0.1, 0.15) is 8.07 Å². The summed E-state index contributed by atoms with van der Waals surface area (Å²) in [5, 5.41) is 0. The van der Waals surface area contributed by atoms with Gasteiger partial charge in [0.2, 0.25) is 0 Å². The maximum atomic E-state index is 5.44. The van der Waals surface area contributed by atoms with E-state index in [0.29, 0.717) is 0 Å². The van der Waals surface area contributed by atoms with Crippen molar-refractivity contribution < 1.29 is 4.74 Å². The molecule has 0 aliphatic carbocycles. The lowest BCUT2D eigenvalue weighted by atomic mass is 10.1. The molecular formula is C14H18OSi. The summed E-state index contributed by atoms with van der Waals surface area (Å²) in [6, 6.07) is 10.0. The van der Waals surface area contributed by atoms with E-state index in [1.54, 1.807) is 0 Å². The van der Waals surface area contributed by atoms with Crippen LogP contribution < -0.4 is 0 Å². The van der Waals surface area contributed by atoms with E-state index >= 15 is 0 Å². The molecule has 0 unspecified atom stereocenters. The highest BCUT2D eigenvalue weighted by atomic mass is 28.3. The molecule has 1 nitrogen and oxygen atoms in total. The standard InChI is InChI=1S/C14H18OSi/c1-5-15-14(11-12-16(2,3)4)13-9-7-6-8-10-13/h5-10,14H,1H2,2-4H3/t14-/m0/s1. The monoisotopic (exact) mass is 230 g/mol. The first-order chi connectivity index (χ1) is 7.53. The molecule has 1 aromatic carbocycles. The van der Waals surface area contributed by atoms with Crippen molar-refractivity contribution in [1.82, 2.24) is 0 Å². The van der Waals surface area contributed by atoms with E-state index in [2.05, 4.69) is 37.7 Å². The Morgan fingerprint density at radius 3 is 2.38 bits per heavy atom. The Kier molecular flexibility index (Phi) is 4.39. The quantitative estimate of drug-likeness (QED) is 0.436. The summed E-state index contributed by atoms with van der Waals surface area (Å²) in [6.07, 6.45) is 1.27. The van der Waals surface area contributed by atoms with Gasteiger partial charge in [0.05, 0.1) is 6.26 Å². The van der Waals surface area contributed by atoms with Crippen LogP contribution in [0.5, 0.6) is 0 Å². The van der Waals surface area contributed by atoms with Crippen molar-refractivity contribution in [2.24, 2.45) is 0 Å². The highest BCUT2D eigenvalue weighted by Gasteiger charge is 2.11. The van der Waals surface area contributed by atoms with Gasteiger partial charge in [0.25, 0.3) is 0 Å². The first-order valence-corrected chi connectivity index (χ1v) is 8.87. The van der Waals surface area contributed by atoms with Crippen LogP contribution >= 0.6 is 0 Å². The normalized spacial score (nSPS) is 12.2. The summed E-state index contributed by atoms with van der Waals surface area (Å²) in [7, 11) is -1.36. The SMILES string of the molecule is C=CO[C@@H](C#C[Si](C)(C)C)c1ccccc1. The minimum absolute atomic E-state index is 0.189. The minimum atomic E-state index is -1.36. The van der Waals surface area contributed by atoms with Crippen LogP contribution in [0, 0.1) is 11.5 Å². The molecule has 0 amide bonds. The van der Waals surface area contributed by atoms with Crippen molar-refractivity contribution in [1.29, 1.82) is 0 Å². The molecule has 0 radical (unpaired) electrons. The third-order valence-electron chi connectivity index (χ3n) is 1.91. The predicted octanol–water partition coefficient (Wildman–Crippen LogP) is 3.77. The van der Waals surface area contributed by atoms with Crippen LogP contribution in [0.25, 0.3) is 0 Å². The maximum absolute atomic E-state index is 5.44. The molecule has 84 valence electrons. The first-order valence-electron chi connectivity index (χ1n) is 5.37. The topological polar surface area (TPSA) is 9.23 Å². The second-order valence-electron chi connectivity index (χ2n) is 4.61. The van der Waals surface area contributed by atoms with Crippen LogP contribution in [0.1, 0.15) is 11.7 Å². The average molecular weight is 230 g/mol. The van der Waals surface area contributed by atoms with Crippen LogP contribution in [0.2, 0.25) is 19.6 Å². The summed E-state index contributed by atoms with van der Waals surface area (Å²) >= 11 is 0. The van der Waals surface area contributed by atoms with Gasteiger partial charge in [-0.15, -0.1) is 5.54 Å². The summed E-state index contributed by atoms with van der Waals surface area (Å²) in [6.45, 7) is 10.2. The molecule has 0 N–H and O–H groups in total. The van der Waals surface area contributed by atoms with E-state index in [1.165, 1.54) is 6.26 Å². The van der Waals surface area contributed by atoms with Crippen molar-refractivity contribution >= 4 is 8.07 Å². The minimum Gasteiger partial charge on any atom is -0.481 e. The van der Waals surface area contributed by atoms with Gasteiger partial charge in [0.15, 0.2) is 6.10 Å². The molecular weight excluding hydrogens is 212 g/mol. The zero-order valence-corrected chi connectivity index (χ0v) is 11.2. The molecule has 0 heterocycles. The molecule has 0 aromatic heterocycles. The van der Waals surface area contributed by atoms with Gasteiger partial charge >= 0.3 is 0 Å². The van der Waals surface area contributed by atoms with Crippen LogP contribution in [0.3, 0.4) is 0 Å². The van der Waals surface area contributed by atoms with Crippen molar-refractivity contribution in [3.63, 3.8) is 0 Å². The van der Waals surface area contributed by atoms with Gasteiger partial charge in [-0.05, 0) is 0 Å². The third kappa shape index (κ3) is 4.37. The van der Waals surface area contributed by atoms with Crippen LogP contribution in [0.15, 0.2) is 43.2 Å². The molecule has 1 atom stereocenters. The fourth-order valence-corrected chi connectivity index (χ4v) is 1.77. The first kappa shape index (κ1) is 12.6. The smallest absolute Gasteiger partial charge is 0.182 e. The summed E-state index contributed by atoms with van der Waals surface area (Å²) in [5.74, 6) is 3.20.